The van der Waals surface area contributed by atoms with Gasteiger partial charge in [-0.2, -0.15) is 4.37 Å². The summed E-state index contributed by atoms with van der Waals surface area (Å²) < 4.78 is 5.61. The molecule has 0 saturated carbocycles. The molecule has 2 aromatic rings. The van der Waals surface area contributed by atoms with Crippen molar-refractivity contribution in [2.45, 2.75) is 6.92 Å². The van der Waals surface area contributed by atoms with Gasteiger partial charge in [-0.3, -0.25) is 4.79 Å². The molecule has 0 radical (unpaired) electrons. The molecule has 94 valence electrons. The van der Waals surface area contributed by atoms with Crippen molar-refractivity contribution < 1.29 is 4.79 Å². The summed E-state index contributed by atoms with van der Waals surface area (Å²) >= 11 is 1.55. The van der Waals surface area contributed by atoms with E-state index in [0.717, 1.165) is 38.3 Å². The molecular weight excluding hydrogens is 246 g/mol. The topological polar surface area (TPSA) is 36.4 Å². The van der Waals surface area contributed by atoms with Crippen molar-refractivity contribution in [2.75, 3.05) is 31.1 Å². The summed E-state index contributed by atoms with van der Waals surface area (Å²) in [7, 11) is 0. The van der Waals surface area contributed by atoms with Gasteiger partial charge in [0.05, 0.1) is 10.4 Å². The van der Waals surface area contributed by atoms with Crippen LogP contribution < -0.4 is 4.90 Å². The number of aromatic nitrogens is 1. The van der Waals surface area contributed by atoms with Gasteiger partial charge in [0.15, 0.2) is 0 Å². The lowest BCUT2D eigenvalue weighted by Gasteiger charge is -2.34. The lowest BCUT2D eigenvalue weighted by molar-refractivity contribution is -0.118. The average molecular weight is 261 g/mol. The number of rotatable bonds is 2. The molecule has 1 aliphatic heterocycles. The number of hydrogen-bond acceptors (Lipinski definition) is 4. The smallest absolute Gasteiger partial charge is 0.209 e. The van der Waals surface area contributed by atoms with Crippen molar-refractivity contribution >= 4 is 33.7 Å². The van der Waals surface area contributed by atoms with Crippen LogP contribution in [0.5, 0.6) is 0 Å². The first-order chi connectivity index (χ1) is 8.78. The lowest BCUT2D eigenvalue weighted by atomic mass is 10.2. The van der Waals surface area contributed by atoms with Crippen LogP contribution in [-0.4, -0.2) is 41.9 Å². The number of carbonyl (C=O) groups is 1. The fourth-order valence-electron chi connectivity index (χ4n) is 2.33. The molecule has 0 aliphatic carbocycles. The Balaban J connectivity index is 1.84. The van der Waals surface area contributed by atoms with Crippen molar-refractivity contribution in [2.24, 2.45) is 0 Å². The molecule has 1 saturated heterocycles. The number of hydrogen-bond donors (Lipinski definition) is 0. The third-order valence-electron chi connectivity index (χ3n) is 3.46. The summed E-state index contributed by atoms with van der Waals surface area (Å²) in [5, 5.41) is 1.25. The van der Waals surface area contributed by atoms with Crippen LogP contribution in [-0.2, 0) is 4.79 Å². The third-order valence-corrected chi connectivity index (χ3v) is 4.36. The molecule has 1 aliphatic rings. The number of aryl methyl sites for hydroxylation is 1. The Morgan fingerprint density at radius 1 is 1.28 bits per heavy atom. The van der Waals surface area contributed by atoms with Crippen LogP contribution in [0, 0.1) is 6.92 Å². The minimum absolute atomic E-state index is 0.809. The Morgan fingerprint density at radius 2 is 2.06 bits per heavy atom. The van der Waals surface area contributed by atoms with Crippen molar-refractivity contribution in [1.29, 1.82) is 0 Å². The van der Waals surface area contributed by atoms with Gasteiger partial charge in [-0.05, 0) is 36.7 Å². The number of amides is 1. The molecule has 0 N–H and O–H groups in total. The zero-order valence-electron chi connectivity index (χ0n) is 10.3. The largest absolute Gasteiger partial charge is 0.368 e. The maximum absolute atomic E-state index is 10.7. The molecule has 0 bridgehead atoms. The molecule has 18 heavy (non-hydrogen) atoms. The van der Waals surface area contributed by atoms with Crippen LogP contribution >= 0.6 is 11.5 Å². The summed E-state index contributed by atoms with van der Waals surface area (Å²) in [6, 6.07) is 6.51. The highest BCUT2D eigenvalue weighted by molar-refractivity contribution is 7.13. The zero-order valence-corrected chi connectivity index (χ0v) is 11.1. The van der Waals surface area contributed by atoms with E-state index >= 15 is 0 Å². The number of nitrogens with zero attached hydrogens (tertiary/aromatic N) is 3. The summed E-state index contributed by atoms with van der Waals surface area (Å²) in [6.07, 6.45) is 0.938. The van der Waals surface area contributed by atoms with Gasteiger partial charge in [0.25, 0.3) is 0 Å². The minimum Gasteiger partial charge on any atom is -0.368 e. The number of anilines is 1. The second kappa shape index (κ2) is 4.57. The predicted octanol–water partition coefficient (Wildman–Crippen LogP) is 1.88. The summed E-state index contributed by atoms with van der Waals surface area (Å²) in [5.41, 5.74) is 2.34. The first-order valence-corrected chi connectivity index (χ1v) is 6.85. The Kier molecular flexibility index (Phi) is 2.91. The molecule has 4 nitrogen and oxygen atoms in total. The highest BCUT2D eigenvalue weighted by Gasteiger charge is 2.16. The van der Waals surface area contributed by atoms with E-state index in [-0.39, 0.29) is 0 Å². The maximum atomic E-state index is 10.7. The van der Waals surface area contributed by atoms with Gasteiger partial charge in [-0.1, -0.05) is 0 Å². The summed E-state index contributed by atoms with van der Waals surface area (Å²) in [5.74, 6) is 0. The van der Waals surface area contributed by atoms with Gasteiger partial charge < -0.3 is 9.80 Å². The highest BCUT2D eigenvalue weighted by atomic mass is 32.1. The number of benzene rings is 1. The normalized spacial score (nSPS) is 16.3. The van der Waals surface area contributed by atoms with Gasteiger partial charge in [-0.15, -0.1) is 0 Å². The Hall–Kier alpha value is -1.62. The third kappa shape index (κ3) is 1.95. The fourth-order valence-corrected chi connectivity index (χ4v) is 3.16. The number of fused-ring (bicyclic) bond motifs is 1. The molecule has 0 unspecified atom stereocenters. The first kappa shape index (κ1) is 11.5. The maximum Gasteiger partial charge on any atom is 0.209 e. The molecule has 3 rings (SSSR count). The first-order valence-electron chi connectivity index (χ1n) is 6.08. The van der Waals surface area contributed by atoms with Crippen molar-refractivity contribution in [3.05, 3.63) is 23.9 Å². The summed E-state index contributed by atoms with van der Waals surface area (Å²) in [6.45, 7) is 5.47. The predicted molar refractivity (Wildman–Crippen MR) is 74.2 cm³/mol. The van der Waals surface area contributed by atoms with E-state index < -0.39 is 0 Å². The standard InChI is InChI=1S/C13H15N3OS/c1-10-12-3-2-11(8-13(12)18-14-10)16-6-4-15(9-17)5-7-16/h2-3,8-9H,4-7H2,1H3. The van der Waals surface area contributed by atoms with Gasteiger partial charge >= 0.3 is 0 Å². The monoisotopic (exact) mass is 261 g/mol. The van der Waals surface area contributed by atoms with E-state index in [1.165, 1.54) is 15.8 Å². The van der Waals surface area contributed by atoms with Gasteiger partial charge in [0.1, 0.15) is 0 Å². The molecule has 1 fully saturated rings. The van der Waals surface area contributed by atoms with E-state index in [2.05, 4.69) is 27.5 Å². The van der Waals surface area contributed by atoms with Gasteiger partial charge in [-0.25, -0.2) is 0 Å². The van der Waals surface area contributed by atoms with Crippen LogP contribution in [0.4, 0.5) is 5.69 Å². The minimum atomic E-state index is 0.809. The van der Waals surface area contributed by atoms with Crippen LogP contribution in [0.25, 0.3) is 10.1 Å². The van der Waals surface area contributed by atoms with Gasteiger partial charge in [0.2, 0.25) is 6.41 Å². The quantitative estimate of drug-likeness (QED) is 0.775. The van der Waals surface area contributed by atoms with E-state index in [1.54, 1.807) is 11.5 Å². The Morgan fingerprint density at radius 3 is 2.78 bits per heavy atom. The average Bonchev–Trinajstić information content (AvgIpc) is 2.80. The lowest BCUT2D eigenvalue weighted by Crippen LogP contribution is -2.45. The highest BCUT2D eigenvalue weighted by Crippen LogP contribution is 2.27. The SMILES string of the molecule is Cc1nsc2cc(N3CCN(C=O)CC3)ccc12. The Bertz CT molecular complexity index is 573. The molecular formula is C13H15N3OS. The van der Waals surface area contributed by atoms with Crippen LogP contribution in [0.2, 0.25) is 0 Å². The molecule has 2 heterocycles. The molecule has 1 aromatic heterocycles. The van der Waals surface area contributed by atoms with Crippen LogP contribution in [0.1, 0.15) is 5.69 Å². The van der Waals surface area contributed by atoms with Crippen molar-refractivity contribution in [3.63, 3.8) is 0 Å². The van der Waals surface area contributed by atoms with Crippen LogP contribution in [0.3, 0.4) is 0 Å². The second-order valence-corrected chi connectivity index (χ2v) is 5.38. The van der Waals surface area contributed by atoms with Crippen LogP contribution in [0.15, 0.2) is 18.2 Å². The Labute approximate surface area is 110 Å². The van der Waals surface area contributed by atoms with Crippen molar-refractivity contribution in [1.82, 2.24) is 9.27 Å². The molecule has 0 spiro atoms. The van der Waals surface area contributed by atoms with Crippen molar-refractivity contribution in [3.8, 4) is 0 Å². The number of piperazine rings is 1. The molecule has 1 amide bonds. The molecule has 0 atom stereocenters. The van der Waals surface area contributed by atoms with Gasteiger partial charge in [0, 0.05) is 37.3 Å². The summed E-state index contributed by atoms with van der Waals surface area (Å²) in [4.78, 5) is 14.8. The van der Waals surface area contributed by atoms with E-state index in [4.69, 9.17) is 0 Å². The van der Waals surface area contributed by atoms with E-state index in [1.807, 2.05) is 11.8 Å². The van der Waals surface area contributed by atoms with E-state index in [9.17, 15) is 4.79 Å². The van der Waals surface area contributed by atoms with E-state index in [0.29, 0.717) is 0 Å². The molecule has 5 heteroatoms. The second-order valence-electron chi connectivity index (χ2n) is 4.58. The molecule has 1 aromatic carbocycles. The number of carbonyl (C=O) groups excluding carboxylic acids is 1. The zero-order chi connectivity index (χ0) is 12.5. The fraction of sp³-hybridized carbons (Fsp3) is 0.385.